The summed E-state index contributed by atoms with van der Waals surface area (Å²) in [5.41, 5.74) is 3.81. The van der Waals surface area contributed by atoms with Crippen molar-refractivity contribution in [2.75, 3.05) is 43.5 Å². The predicted molar refractivity (Wildman–Crippen MR) is 170 cm³/mol. The Hall–Kier alpha value is -4.90. The Labute approximate surface area is 253 Å². The molecule has 2 bridgehead atoms. The van der Waals surface area contributed by atoms with Gasteiger partial charge in [-0.2, -0.15) is 4.98 Å². The number of likely N-dealkylation sites (N-methyl/N-ethyl adjacent to an activating group) is 1. The van der Waals surface area contributed by atoms with Gasteiger partial charge < -0.3 is 24.4 Å². The van der Waals surface area contributed by atoms with Crippen molar-refractivity contribution in [1.82, 2.24) is 28.8 Å². The minimum Gasteiger partial charge on any atom is -0.482 e. The van der Waals surface area contributed by atoms with Gasteiger partial charge in [0, 0.05) is 48.1 Å². The molecule has 0 spiro atoms. The molecular weight excluding hydrogens is 556 g/mol. The topological polar surface area (TPSA) is 102 Å². The highest BCUT2D eigenvalue weighted by Crippen LogP contribution is 2.35. The number of hydrogen-bond acceptors (Lipinski definition) is 7. The first kappa shape index (κ1) is 26.7. The van der Waals surface area contributed by atoms with Gasteiger partial charge in [-0.3, -0.25) is 9.59 Å². The van der Waals surface area contributed by atoms with E-state index in [0.29, 0.717) is 53.2 Å². The quantitative estimate of drug-likeness (QED) is 0.306. The molecule has 3 aliphatic rings. The highest BCUT2D eigenvalue weighted by molar-refractivity contribution is 5.98. The van der Waals surface area contributed by atoms with E-state index in [9.17, 15) is 9.59 Å². The van der Waals surface area contributed by atoms with Crippen LogP contribution >= 0.6 is 0 Å². The van der Waals surface area contributed by atoms with Crippen molar-refractivity contribution in [3.63, 3.8) is 0 Å². The van der Waals surface area contributed by atoms with Crippen molar-refractivity contribution in [2.24, 2.45) is 0 Å². The maximum absolute atomic E-state index is 13.6. The third-order valence-electron chi connectivity index (χ3n) is 8.97. The molecule has 0 aliphatic carbocycles. The van der Waals surface area contributed by atoms with Gasteiger partial charge in [-0.1, -0.05) is 12.2 Å². The minimum atomic E-state index is -0.175. The summed E-state index contributed by atoms with van der Waals surface area (Å²) in [6.07, 6.45) is 11.8. The number of amides is 1. The lowest BCUT2D eigenvalue weighted by atomic mass is 10.1. The SMILES string of the molecule is CN1CCCC(n2ccc3cc(Nc4ncc5c(=O)n6n(c5n4)-c4ccc5c(c4)N(CCC/C=C\C6)C(=O)CO5)ccc32)C1. The normalized spacial score (nSPS) is 19.7. The van der Waals surface area contributed by atoms with Crippen LogP contribution in [-0.2, 0) is 11.3 Å². The number of anilines is 3. The lowest BCUT2D eigenvalue weighted by molar-refractivity contribution is -0.121. The fourth-order valence-corrected chi connectivity index (χ4v) is 6.80. The van der Waals surface area contributed by atoms with Gasteiger partial charge in [-0.05, 0) is 81.7 Å². The summed E-state index contributed by atoms with van der Waals surface area (Å²) in [5.74, 6) is 0.978. The zero-order valence-corrected chi connectivity index (χ0v) is 24.6. The molecule has 1 fully saturated rings. The van der Waals surface area contributed by atoms with Crippen molar-refractivity contribution >= 4 is 45.2 Å². The van der Waals surface area contributed by atoms with Crippen molar-refractivity contribution in [3.05, 3.63) is 77.4 Å². The van der Waals surface area contributed by atoms with E-state index < -0.39 is 0 Å². The number of allylic oxidation sites excluding steroid dienone is 2. The Balaban J connectivity index is 1.18. The Morgan fingerprint density at radius 1 is 1.02 bits per heavy atom. The number of hydrogen-bond donors (Lipinski definition) is 1. The van der Waals surface area contributed by atoms with Crippen molar-refractivity contribution in [3.8, 4) is 11.4 Å². The first-order valence-corrected chi connectivity index (χ1v) is 15.3. The van der Waals surface area contributed by atoms with Crippen molar-refractivity contribution in [2.45, 2.75) is 38.3 Å². The number of nitrogens with one attached hydrogen (secondary N) is 1. The van der Waals surface area contributed by atoms with Crippen molar-refractivity contribution in [1.29, 1.82) is 0 Å². The summed E-state index contributed by atoms with van der Waals surface area (Å²) in [6, 6.07) is 14.6. The maximum Gasteiger partial charge on any atom is 0.278 e. The average molecular weight is 591 g/mol. The number of ether oxygens (including phenoxy) is 1. The van der Waals surface area contributed by atoms with E-state index in [4.69, 9.17) is 9.72 Å². The number of benzene rings is 2. The van der Waals surface area contributed by atoms with Gasteiger partial charge >= 0.3 is 0 Å². The smallest absolute Gasteiger partial charge is 0.278 e. The van der Waals surface area contributed by atoms with Crippen LogP contribution in [0.1, 0.15) is 31.7 Å². The molecule has 1 amide bonds. The molecule has 1 unspecified atom stereocenters. The molecule has 3 aliphatic heterocycles. The molecule has 3 aromatic heterocycles. The standard InChI is InChI=1S/C33H34N8O3/c1-37-13-6-7-25(20-37)38-16-12-22-17-23(8-10-27(22)38)35-33-34-19-26-31(36-33)41-24-9-11-29-28(18-24)39(30(42)21-44-29)14-4-2-3-5-15-40(41)32(26)43/h3,5,8-12,16-19,25H,2,4,6-7,13-15,20-21H2,1H3,(H,34,35,36)/b5-3-. The summed E-state index contributed by atoms with van der Waals surface area (Å²) in [4.78, 5) is 40.0. The average Bonchev–Trinajstić information content (AvgIpc) is 3.57. The van der Waals surface area contributed by atoms with Crippen LogP contribution in [0.5, 0.6) is 5.75 Å². The number of carbonyl (C=O) groups is 1. The van der Waals surface area contributed by atoms with E-state index in [2.05, 4.69) is 63.4 Å². The monoisotopic (exact) mass is 590 g/mol. The van der Waals surface area contributed by atoms with Crippen LogP contribution in [0.2, 0.25) is 0 Å². The Morgan fingerprint density at radius 3 is 2.86 bits per heavy atom. The van der Waals surface area contributed by atoms with Gasteiger partial charge in [-0.25, -0.2) is 14.3 Å². The van der Waals surface area contributed by atoms with E-state index in [1.54, 1.807) is 15.8 Å². The van der Waals surface area contributed by atoms with Crippen LogP contribution in [0.3, 0.4) is 0 Å². The third kappa shape index (κ3) is 4.55. The highest BCUT2D eigenvalue weighted by Gasteiger charge is 2.27. The van der Waals surface area contributed by atoms with E-state index in [-0.39, 0.29) is 18.1 Å². The van der Waals surface area contributed by atoms with Gasteiger partial charge in [-0.15, -0.1) is 0 Å². The minimum absolute atomic E-state index is 0.0238. The van der Waals surface area contributed by atoms with Crippen LogP contribution in [0.4, 0.5) is 17.3 Å². The lowest BCUT2D eigenvalue weighted by Crippen LogP contribution is -2.39. The van der Waals surface area contributed by atoms with Gasteiger partial charge in [0.05, 0.1) is 17.9 Å². The molecule has 1 saturated heterocycles. The first-order valence-electron chi connectivity index (χ1n) is 15.3. The molecule has 44 heavy (non-hydrogen) atoms. The molecule has 0 radical (unpaired) electrons. The van der Waals surface area contributed by atoms with E-state index >= 15 is 0 Å². The molecule has 6 heterocycles. The molecule has 1 N–H and O–H groups in total. The zero-order chi connectivity index (χ0) is 29.8. The second-order valence-corrected chi connectivity index (χ2v) is 11.9. The van der Waals surface area contributed by atoms with Crippen molar-refractivity contribution < 1.29 is 9.53 Å². The number of rotatable bonds is 3. The Morgan fingerprint density at radius 2 is 1.95 bits per heavy atom. The molecule has 0 saturated carbocycles. The van der Waals surface area contributed by atoms with Crippen LogP contribution in [-0.4, -0.2) is 68.0 Å². The highest BCUT2D eigenvalue weighted by atomic mass is 16.5. The molecule has 11 nitrogen and oxygen atoms in total. The maximum atomic E-state index is 13.6. The fourth-order valence-electron chi connectivity index (χ4n) is 6.80. The van der Waals surface area contributed by atoms with Crippen LogP contribution < -0.4 is 20.5 Å². The fraction of sp³-hybridized carbons (Fsp3) is 0.333. The molecule has 1 atom stereocenters. The molecular formula is C33H34N8O3. The summed E-state index contributed by atoms with van der Waals surface area (Å²) < 4.78 is 11.6. The molecule has 5 aromatic rings. The Bertz CT molecular complexity index is 2000. The number of likely N-dealkylation sites (tertiary alicyclic amines) is 1. The summed E-state index contributed by atoms with van der Waals surface area (Å²) in [6.45, 7) is 3.22. The van der Waals surface area contributed by atoms with Gasteiger partial charge in [0.1, 0.15) is 11.1 Å². The molecule has 2 aromatic carbocycles. The molecule has 11 heteroatoms. The summed E-state index contributed by atoms with van der Waals surface area (Å²) in [5, 5.41) is 4.94. The first-order chi connectivity index (χ1) is 21.5. The van der Waals surface area contributed by atoms with E-state index in [0.717, 1.165) is 37.0 Å². The van der Waals surface area contributed by atoms with E-state index in [1.807, 2.05) is 29.0 Å². The number of carbonyl (C=O) groups excluding carboxylic acids is 1. The summed E-state index contributed by atoms with van der Waals surface area (Å²) in [7, 11) is 2.19. The van der Waals surface area contributed by atoms with Gasteiger partial charge in [0.15, 0.2) is 12.3 Å². The second kappa shape index (κ2) is 10.7. The van der Waals surface area contributed by atoms with Gasteiger partial charge in [0.25, 0.3) is 11.5 Å². The molecule has 224 valence electrons. The summed E-state index contributed by atoms with van der Waals surface area (Å²) >= 11 is 0. The number of piperidine rings is 1. The number of fused-ring (bicyclic) bond motifs is 6. The Kier molecular flexibility index (Phi) is 6.48. The molecule has 8 rings (SSSR count). The number of nitrogens with zero attached hydrogens (tertiary/aromatic N) is 7. The largest absolute Gasteiger partial charge is 0.482 e. The zero-order valence-electron chi connectivity index (χ0n) is 24.6. The van der Waals surface area contributed by atoms with E-state index in [1.165, 1.54) is 18.4 Å². The number of aromatic nitrogens is 5. The van der Waals surface area contributed by atoms with Crippen LogP contribution in [0, 0.1) is 0 Å². The van der Waals surface area contributed by atoms with Gasteiger partial charge in [0.2, 0.25) is 5.95 Å². The van der Waals surface area contributed by atoms with Crippen LogP contribution in [0.25, 0.3) is 27.6 Å². The third-order valence-corrected chi connectivity index (χ3v) is 8.97. The second-order valence-electron chi connectivity index (χ2n) is 11.9. The predicted octanol–water partition coefficient (Wildman–Crippen LogP) is 4.62. The lowest BCUT2D eigenvalue weighted by Gasteiger charge is -2.31. The van der Waals surface area contributed by atoms with Crippen LogP contribution in [0.15, 0.2) is 71.8 Å².